The molecule has 31 heavy (non-hydrogen) atoms. The van der Waals surface area contributed by atoms with Crippen LogP contribution in [0.1, 0.15) is 18.1 Å². The Bertz CT molecular complexity index is 890. The molecular formula is C23H27IO7. The molecule has 0 spiro atoms. The molecule has 2 atom stereocenters. The van der Waals surface area contributed by atoms with Gasteiger partial charge in [0, 0.05) is 4.43 Å². The third-order valence-electron chi connectivity index (χ3n) is 5.29. The second-order valence-electron chi connectivity index (χ2n) is 7.22. The molecular weight excluding hydrogens is 515 g/mol. The van der Waals surface area contributed by atoms with Crippen molar-refractivity contribution in [2.24, 2.45) is 11.8 Å². The van der Waals surface area contributed by atoms with Crippen molar-refractivity contribution in [3.63, 3.8) is 0 Å². The highest BCUT2D eigenvalue weighted by Crippen LogP contribution is 2.39. The van der Waals surface area contributed by atoms with Crippen LogP contribution in [0.15, 0.2) is 30.3 Å². The Kier molecular flexibility index (Phi) is 8.11. The van der Waals surface area contributed by atoms with Gasteiger partial charge in [0.2, 0.25) is 12.5 Å². The van der Waals surface area contributed by atoms with E-state index in [2.05, 4.69) is 22.6 Å². The number of aromatic hydroxyl groups is 1. The zero-order valence-electron chi connectivity index (χ0n) is 17.9. The smallest absolute Gasteiger partial charge is 0.309 e. The van der Waals surface area contributed by atoms with Crippen LogP contribution in [0.5, 0.6) is 28.7 Å². The van der Waals surface area contributed by atoms with E-state index in [-0.39, 0.29) is 30.3 Å². The van der Waals surface area contributed by atoms with E-state index in [1.54, 1.807) is 19.1 Å². The Morgan fingerprint density at radius 2 is 1.74 bits per heavy atom. The first-order valence-corrected chi connectivity index (χ1v) is 11.6. The van der Waals surface area contributed by atoms with Gasteiger partial charge in [-0.2, -0.15) is 0 Å². The van der Waals surface area contributed by atoms with Crippen molar-refractivity contribution in [2.45, 2.75) is 19.8 Å². The van der Waals surface area contributed by atoms with Crippen LogP contribution in [0, 0.1) is 11.8 Å². The van der Waals surface area contributed by atoms with E-state index < -0.39 is 0 Å². The highest BCUT2D eigenvalue weighted by Gasteiger charge is 2.30. The molecule has 7 nitrogen and oxygen atoms in total. The van der Waals surface area contributed by atoms with Gasteiger partial charge in [-0.1, -0.05) is 28.7 Å². The lowest BCUT2D eigenvalue weighted by Crippen LogP contribution is -2.30. The minimum Gasteiger partial charge on any atom is -0.502 e. The molecule has 0 aliphatic carbocycles. The summed E-state index contributed by atoms with van der Waals surface area (Å²) in [6.07, 6.45) is 1.12. The molecule has 3 rings (SSSR count). The predicted octanol–water partition coefficient (Wildman–Crippen LogP) is 4.15. The number of alkyl halides is 1. The minimum absolute atomic E-state index is 0.0332. The van der Waals surface area contributed by atoms with Crippen molar-refractivity contribution in [2.75, 3.05) is 32.0 Å². The first kappa shape index (κ1) is 23.3. The number of carbonyl (C=O) groups is 1. The SMILES string of the molecule is CCOC(=O)[C@@H](Cc1cc(OC)c(O)c(OC)c1)[C@@H](CI)Cc1ccc2c(c1)OCO2. The molecule has 0 radical (unpaired) electrons. The van der Waals surface area contributed by atoms with E-state index in [9.17, 15) is 9.90 Å². The summed E-state index contributed by atoms with van der Waals surface area (Å²) in [5.74, 6) is 1.43. The monoisotopic (exact) mass is 542 g/mol. The van der Waals surface area contributed by atoms with Gasteiger partial charge in [0.25, 0.3) is 0 Å². The number of phenols is 1. The summed E-state index contributed by atoms with van der Waals surface area (Å²) in [7, 11) is 2.96. The van der Waals surface area contributed by atoms with Gasteiger partial charge in [-0.3, -0.25) is 4.79 Å². The highest BCUT2D eigenvalue weighted by atomic mass is 127. The van der Waals surface area contributed by atoms with Crippen LogP contribution in [0.4, 0.5) is 0 Å². The topological polar surface area (TPSA) is 83.5 Å². The fourth-order valence-electron chi connectivity index (χ4n) is 3.69. The van der Waals surface area contributed by atoms with Gasteiger partial charge in [-0.05, 0) is 61.1 Å². The third-order valence-corrected chi connectivity index (χ3v) is 6.42. The van der Waals surface area contributed by atoms with Gasteiger partial charge in [-0.15, -0.1) is 0 Å². The van der Waals surface area contributed by atoms with E-state index in [1.165, 1.54) is 14.2 Å². The summed E-state index contributed by atoms with van der Waals surface area (Å²) in [5.41, 5.74) is 1.89. The minimum atomic E-state index is -0.374. The van der Waals surface area contributed by atoms with E-state index in [0.29, 0.717) is 30.9 Å². The Morgan fingerprint density at radius 1 is 1.06 bits per heavy atom. The van der Waals surface area contributed by atoms with Crippen LogP contribution in [0.3, 0.4) is 0 Å². The van der Waals surface area contributed by atoms with Crippen molar-refractivity contribution >= 4 is 28.6 Å². The molecule has 1 heterocycles. The number of rotatable bonds is 10. The fraction of sp³-hybridized carbons (Fsp3) is 0.435. The van der Waals surface area contributed by atoms with Crippen LogP contribution >= 0.6 is 22.6 Å². The van der Waals surface area contributed by atoms with E-state index in [1.807, 2.05) is 18.2 Å². The lowest BCUT2D eigenvalue weighted by Gasteiger charge is -2.25. The van der Waals surface area contributed by atoms with Gasteiger partial charge >= 0.3 is 5.97 Å². The fourth-order valence-corrected chi connectivity index (χ4v) is 4.61. The van der Waals surface area contributed by atoms with E-state index >= 15 is 0 Å². The number of halogens is 1. The Hall–Kier alpha value is -2.36. The molecule has 8 heteroatoms. The summed E-state index contributed by atoms with van der Waals surface area (Å²) < 4.78 is 27.6. The molecule has 0 unspecified atom stereocenters. The lowest BCUT2D eigenvalue weighted by molar-refractivity contribution is -0.149. The molecule has 0 fully saturated rings. The average molecular weight is 542 g/mol. The average Bonchev–Trinajstić information content (AvgIpc) is 3.24. The molecule has 1 aliphatic heterocycles. The second-order valence-corrected chi connectivity index (χ2v) is 8.10. The van der Waals surface area contributed by atoms with E-state index in [4.69, 9.17) is 23.7 Å². The normalized spacial score (nSPS) is 14.1. The number of methoxy groups -OCH3 is 2. The van der Waals surface area contributed by atoms with E-state index in [0.717, 1.165) is 27.1 Å². The summed E-state index contributed by atoms with van der Waals surface area (Å²) >= 11 is 2.31. The van der Waals surface area contributed by atoms with Crippen LogP contribution in [-0.4, -0.2) is 43.1 Å². The molecule has 1 N–H and O–H groups in total. The first-order valence-electron chi connectivity index (χ1n) is 10.1. The number of hydrogen-bond acceptors (Lipinski definition) is 7. The number of benzene rings is 2. The van der Waals surface area contributed by atoms with Crippen molar-refractivity contribution in [1.82, 2.24) is 0 Å². The largest absolute Gasteiger partial charge is 0.502 e. The van der Waals surface area contributed by atoms with Gasteiger partial charge in [0.1, 0.15) is 0 Å². The summed E-state index contributed by atoms with van der Waals surface area (Å²) in [4.78, 5) is 12.9. The third kappa shape index (κ3) is 5.47. The zero-order valence-corrected chi connectivity index (χ0v) is 20.0. The maximum absolute atomic E-state index is 12.9. The number of phenolic OH excluding ortho intramolecular Hbond substituents is 1. The molecule has 0 aromatic heterocycles. The summed E-state index contributed by atoms with van der Waals surface area (Å²) in [5, 5.41) is 10.2. The number of ether oxygens (including phenoxy) is 5. The standard InChI is InChI=1S/C23H27IO7/c1-4-29-23(26)17(8-15-10-20(27-2)22(25)21(11-15)28-3)16(12-24)7-14-5-6-18-19(9-14)31-13-30-18/h5-6,9-11,16-17,25H,4,7-8,12-13H2,1-3H3/t16-,17+/m1/s1. The molecule has 0 saturated heterocycles. The highest BCUT2D eigenvalue weighted by molar-refractivity contribution is 14.1. The van der Waals surface area contributed by atoms with Gasteiger partial charge in [-0.25, -0.2) is 0 Å². The Balaban J connectivity index is 1.87. The van der Waals surface area contributed by atoms with Crippen molar-refractivity contribution in [3.05, 3.63) is 41.5 Å². The summed E-state index contributed by atoms with van der Waals surface area (Å²) in [6.45, 7) is 2.35. The number of fused-ring (bicyclic) bond motifs is 1. The number of hydrogen-bond donors (Lipinski definition) is 1. The Labute approximate surface area is 195 Å². The first-order chi connectivity index (χ1) is 15.0. The molecule has 0 saturated carbocycles. The van der Waals surface area contributed by atoms with Crippen LogP contribution in [-0.2, 0) is 22.4 Å². The van der Waals surface area contributed by atoms with Crippen LogP contribution in [0.2, 0.25) is 0 Å². The van der Waals surface area contributed by atoms with Crippen molar-refractivity contribution < 1.29 is 33.6 Å². The maximum Gasteiger partial charge on any atom is 0.309 e. The Morgan fingerprint density at radius 3 is 2.35 bits per heavy atom. The van der Waals surface area contributed by atoms with Crippen LogP contribution in [0.25, 0.3) is 0 Å². The van der Waals surface area contributed by atoms with Gasteiger partial charge < -0.3 is 28.8 Å². The predicted molar refractivity (Wildman–Crippen MR) is 124 cm³/mol. The molecule has 2 aromatic rings. The molecule has 0 amide bonds. The number of esters is 1. The lowest BCUT2D eigenvalue weighted by atomic mass is 9.83. The maximum atomic E-state index is 12.9. The summed E-state index contributed by atoms with van der Waals surface area (Å²) in [6, 6.07) is 9.33. The molecule has 0 bridgehead atoms. The van der Waals surface area contributed by atoms with Gasteiger partial charge in [0.05, 0.1) is 26.7 Å². The van der Waals surface area contributed by atoms with Crippen molar-refractivity contribution in [3.8, 4) is 28.7 Å². The quantitative estimate of drug-likeness (QED) is 0.275. The van der Waals surface area contributed by atoms with Crippen LogP contribution < -0.4 is 18.9 Å². The van der Waals surface area contributed by atoms with Gasteiger partial charge in [0.15, 0.2) is 23.0 Å². The second kappa shape index (κ2) is 10.8. The zero-order chi connectivity index (χ0) is 22.4. The molecule has 1 aliphatic rings. The van der Waals surface area contributed by atoms with Crippen molar-refractivity contribution in [1.29, 1.82) is 0 Å². The number of carbonyl (C=O) groups excluding carboxylic acids is 1. The molecule has 168 valence electrons. The molecule has 2 aromatic carbocycles.